The van der Waals surface area contributed by atoms with E-state index in [9.17, 15) is 0 Å². The van der Waals surface area contributed by atoms with Crippen LogP contribution in [0.15, 0.2) is 34.3 Å². The maximum Gasteiger partial charge on any atom is 0.191 e. The minimum atomic E-state index is 0. The Balaban J connectivity index is 0.00000192. The lowest BCUT2D eigenvalue weighted by atomic mass is 10.1. The topological polar surface area (TPSA) is 72.8 Å². The van der Waals surface area contributed by atoms with E-state index in [0.717, 1.165) is 38.1 Å². The molecule has 2 atom stereocenters. The van der Waals surface area contributed by atoms with Gasteiger partial charge in [0.1, 0.15) is 0 Å². The third-order valence-electron chi connectivity index (χ3n) is 3.76. The highest BCUT2D eigenvalue weighted by Crippen LogP contribution is 2.05. The van der Waals surface area contributed by atoms with E-state index in [1.807, 2.05) is 0 Å². The molecule has 0 fully saturated rings. The van der Waals surface area contributed by atoms with Crippen molar-refractivity contribution in [2.24, 2.45) is 9.98 Å². The number of rotatable bonds is 4. The average molecular weight is 428 g/mol. The van der Waals surface area contributed by atoms with Crippen molar-refractivity contribution in [3.8, 4) is 0 Å². The van der Waals surface area contributed by atoms with Crippen LogP contribution in [-0.4, -0.2) is 37.1 Å². The van der Waals surface area contributed by atoms with E-state index in [1.54, 1.807) is 0 Å². The first-order chi connectivity index (χ1) is 10.7. The molecule has 0 aliphatic carbocycles. The van der Waals surface area contributed by atoms with Crippen LogP contribution in [0.1, 0.15) is 25.0 Å². The first kappa shape index (κ1) is 17.8. The average Bonchev–Trinajstić information content (AvgIpc) is 3.12. The Morgan fingerprint density at radius 1 is 0.870 bits per heavy atom. The van der Waals surface area contributed by atoms with Crippen LogP contribution in [0.5, 0.6) is 0 Å². The van der Waals surface area contributed by atoms with Gasteiger partial charge in [-0.15, -0.1) is 24.0 Å². The summed E-state index contributed by atoms with van der Waals surface area (Å²) in [6.07, 6.45) is 0. The second-order valence-corrected chi connectivity index (χ2v) is 5.99. The number of hydrogen-bond acceptors (Lipinski definition) is 6. The maximum atomic E-state index is 4.39. The molecule has 126 valence electrons. The quantitative estimate of drug-likeness (QED) is 0.544. The van der Waals surface area contributed by atoms with Gasteiger partial charge in [0, 0.05) is 25.2 Å². The zero-order valence-corrected chi connectivity index (χ0v) is 15.9. The predicted molar refractivity (Wildman–Crippen MR) is 105 cm³/mol. The van der Waals surface area contributed by atoms with Crippen LogP contribution in [0, 0.1) is 0 Å². The number of halogens is 1. The van der Waals surface area contributed by atoms with Crippen molar-refractivity contribution in [3.63, 3.8) is 0 Å². The predicted octanol–water partition coefficient (Wildman–Crippen LogP) is 1.18. The van der Waals surface area contributed by atoms with Crippen LogP contribution in [-0.2, 0) is 13.1 Å². The highest BCUT2D eigenvalue weighted by atomic mass is 127. The van der Waals surface area contributed by atoms with Gasteiger partial charge in [-0.25, -0.2) is 0 Å². The third kappa shape index (κ3) is 5.26. The largest absolute Gasteiger partial charge is 0.352 e. The number of hydrogen-bond donors (Lipinski definition) is 4. The molecule has 2 aliphatic rings. The SMILES string of the molecule is CC1CN=C(NCc2ccc(CNC3=NCC(C)N3)cc2)N1.I. The van der Waals surface area contributed by atoms with Gasteiger partial charge in [-0.2, -0.15) is 0 Å². The van der Waals surface area contributed by atoms with Crippen LogP contribution in [0.3, 0.4) is 0 Å². The Hall–Kier alpha value is -1.51. The van der Waals surface area contributed by atoms with E-state index in [0.29, 0.717) is 12.1 Å². The molecule has 0 radical (unpaired) electrons. The molecule has 2 heterocycles. The molecule has 0 spiro atoms. The van der Waals surface area contributed by atoms with Crippen LogP contribution in [0.25, 0.3) is 0 Å². The number of nitrogens with zero attached hydrogens (tertiary/aromatic N) is 2. The highest BCUT2D eigenvalue weighted by Gasteiger charge is 2.12. The minimum Gasteiger partial charge on any atom is -0.352 e. The van der Waals surface area contributed by atoms with Crippen LogP contribution < -0.4 is 21.3 Å². The lowest BCUT2D eigenvalue weighted by Crippen LogP contribution is -2.37. The van der Waals surface area contributed by atoms with Crippen LogP contribution >= 0.6 is 24.0 Å². The van der Waals surface area contributed by atoms with Gasteiger partial charge >= 0.3 is 0 Å². The normalized spacial score (nSPS) is 22.3. The summed E-state index contributed by atoms with van der Waals surface area (Å²) < 4.78 is 0. The van der Waals surface area contributed by atoms with E-state index < -0.39 is 0 Å². The Morgan fingerprint density at radius 3 is 1.57 bits per heavy atom. The van der Waals surface area contributed by atoms with E-state index in [2.05, 4.69) is 69.4 Å². The summed E-state index contributed by atoms with van der Waals surface area (Å²) in [7, 11) is 0. The molecule has 23 heavy (non-hydrogen) atoms. The van der Waals surface area contributed by atoms with E-state index in [1.165, 1.54) is 11.1 Å². The Labute approximate surface area is 154 Å². The Kier molecular flexibility index (Phi) is 6.49. The molecule has 2 aliphatic heterocycles. The fourth-order valence-corrected chi connectivity index (χ4v) is 2.47. The van der Waals surface area contributed by atoms with Gasteiger partial charge in [-0.3, -0.25) is 9.98 Å². The van der Waals surface area contributed by atoms with Crippen molar-refractivity contribution in [3.05, 3.63) is 35.4 Å². The van der Waals surface area contributed by atoms with Gasteiger partial charge in [0.2, 0.25) is 0 Å². The van der Waals surface area contributed by atoms with Gasteiger partial charge in [-0.1, -0.05) is 24.3 Å². The van der Waals surface area contributed by atoms with Gasteiger partial charge in [0.25, 0.3) is 0 Å². The monoisotopic (exact) mass is 428 g/mol. The molecule has 0 amide bonds. The molecule has 2 unspecified atom stereocenters. The molecule has 0 saturated heterocycles. The third-order valence-corrected chi connectivity index (χ3v) is 3.76. The van der Waals surface area contributed by atoms with Gasteiger partial charge in [0.15, 0.2) is 11.9 Å². The standard InChI is InChI=1S/C16H24N6.HI/c1-11-7-17-15(21-11)19-9-13-3-5-14(6-4-13)10-20-16-18-8-12(2)22-16;/h3-6,11-12H,7-10H2,1-2H3,(H2,17,19,21)(H2,18,20,22);1H. The summed E-state index contributed by atoms with van der Waals surface area (Å²) in [5, 5.41) is 13.2. The molecular weight excluding hydrogens is 403 g/mol. The van der Waals surface area contributed by atoms with Crippen molar-refractivity contribution in [2.45, 2.75) is 39.0 Å². The molecule has 7 heteroatoms. The highest BCUT2D eigenvalue weighted by molar-refractivity contribution is 14.0. The summed E-state index contributed by atoms with van der Waals surface area (Å²) in [6.45, 7) is 7.54. The maximum absolute atomic E-state index is 4.39. The zero-order valence-electron chi connectivity index (χ0n) is 13.6. The van der Waals surface area contributed by atoms with E-state index in [-0.39, 0.29) is 24.0 Å². The fourth-order valence-electron chi connectivity index (χ4n) is 2.47. The Bertz CT molecular complexity index is 517. The molecule has 0 bridgehead atoms. The molecule has 4 N–H and O–H groups in total. The molecule has 3 rings (SSSR count). The van der Waals surface area contributed by atoms with Crippen LogP contribution in [0.2, 0.25) is 0 Å². The van der Waals surface area contributed by atoms with Crippen molar-refractivity contribution in [2.75, 3.05) is 13.1 Å². The van der Waals surface area contributed by atoms with Crippen LogP contribution in [0.4, 0.5) is 0 Å². The van der Waals surface area contributed by atoms with E-state index in [4.69, 9.17) is 0 Å². The molecule has 0 aromatic heterocycles. The van der Waals surface area contributed by atoms with Gasteiger partial charge in [-0.05, 0) is 25.0 Å². The summed E-state index contributed by atoms with van der Waals surface area (Å²) in [5.74, 6) is 1.80. The summed E-state index contributed by atoms with van der Waals surface area (Å²) in [6, 6.07) is 9.46. The summed E-state index contributed by atoms with van der Waals surface area (Å²) >= 11 is 0. The van der Waals surface area contributed by atoms with Gasteiger partial charge in [0.05, 0.1) is 13.1 Å². The molecule has 1 aromatic carbocycles. The summed E-state index contributed by atoms with van der Waals surface area (Å²) in [4.78, 5) is 8.79. The van der Waals surface area contributed by atoms with Crippen molar-refractivity contribution >= 4 is 35.9 Å². The second-order valence-electron chi connectivity index (χ2n) is 5.99. The number of guanidine groups is 2. The number of nitrogens with one attached hydrogen (secondary N) is 4. The smallest absolute Gasteiger partial charge is 0.191 e. The fraction of sp³-hybridized carbons (Fsp3) is 0.500. The first-order valence-corrected chi connectivity index (χ1v) is 7.86. The molecule has 0 saturated carbocycles. The number of aliphatic imine (C=N–C) groups is 2. The lowest BCUT2D eigenvalue weighted by Gasteiger charge is -2.11. The first-order valence-electron chi connectivity index (χ1n) is 7.86. The van der Waals surface area contributed by atoms with Crippen molar-refractivity contribution in [1.82, 2.24) is 21.3 Å². The molecule has 6 nitrogen and oxygen atoms in total. The minimum absolute atomic E-state index is 0. The van der Waals surface area contributed by atoms with Crippen molar-refractivity contribution < 1.29 is 0 Å². The van der Waals surface area contributed by atoms with Gasteiger partial charge < -0.3 is 21.3 Å². The lowest BCUT2D eigenvalue weighted by molar-refractivity contribution is 0.712. The molecule has 1 aromatic rings. The molecular formula is C16H25IN6. The van der Waals surface area contributed by atoms with E-state index >= 15 is 0 Å². The Morgan fingerprint density at radius 2 is 1.26 bits per heavy atom. The summed E-state index contributed by atoms with van der Waals surface area (Å²) in [5.41, 5.74) is 2.50. The van der Waals surface area contributed by atoms with Crippen molar-refractivity contribution in [1.29, 1.82) is 0 Å². The zero-order chi connectivity index (χ0) is 15.4. The number of benzene rings is 1. The second kappa shape index (κ2) is 8.37.